The smallest absolute Gasteiger partial charge is 0.0541 e. The Labute approximate surface area is 235 Å². The van der Waals surface area contributed by atoms with Crippen LogP contribution in [0.15, 0.2) is 146 Å². The molecule has 0 saturated heterocycles. The third-order valence-corrected chi connectivity index (χ3v) is 7.69. The summed E-state index contributed by atoms with van der Waals surface area (Å²) in [5, 5.41) is 2.61. The largest absolute Gasteiger partial charge is 0.311 e. The molecule has 0 aliphatic carbocycles. The van der Waals surface area contributed by atoms with Crippen LogP contribution >= 0.6 is 0 Å². The van der Waals surface area contributed by atoms with E-state index < -0.39 is 0 Å². The number of hydrogen-bond donors (Lipinski definition) is 0. The third-order valence-electron chi connectivity index (χ3n) is 7.69. The van der Waals surface area contributed by atoms with E-state index >= 15 is 0 Å². The number of aromatic nitrogens is 1. The molecule has 2 nitrogen and oxygen atoms in total. The molecular weight excluding hydrogens is 484 g/mol. The Bertz CT molecular complexity index is 1830. The predicted octanol–water partition coefficient (Wildman–Crippen LogP) is 10.5. The van der Waals surface area contributed by atoms with E-state index in [1.165, 1.54) is 49.7 Å². The summed E-state index contributed by atoms with van der Waals surface area (Å²) in [6, 6.07) is 52.4. The Morgan fingerprint density at radius 2 is 0.850 bits per heavy atom. The first-order chi connectivity index (χ1) is 19.7. The van der Waals surface area contributed by atoms with E-state index in [0.29, 0.717) is 0 Å². The first-order valence-corrected chi connectivity index (χ1v) is 13.8. The molecule has 0 aliphatic rings. The van der Waals surface area contributed by atoms with Crippen LogP contribution in [-0.2, 0) is 0 Å². The van der Waals surface area contributed by atoms with Crippen LogP contribution in [0.25, 0.3) is 38.6 Å². The highest BCUT2D eigenvalue weighted by molar-refractivity contribution is 6.09. The number of nitrogens with zero attached hydrogens (tertiary/aromatic N) is 2. The minimum absolute atomic E-state index is 1.13. The van der Waals surface area contributed by atoms with Crippen molar-refractivity contribution >= 4 is 38.9 Å². The van der Waals surface area contributed by atoms with Crippen LogP contribution < -0.4 is 4.90 Å². The van der Waals surface area contributed by atoms with Crippen molar-refractivity contribution in [2.24, 2.45) is 0 Å². The molecule has 0 radical (unpaired) electrons. The van der Waals surface area contributed by atoms with Crippen LogP contribution in [0.5, 0.6) is 0 Å². The SMILES string of the molecule is Cc1ccc2c(c1)c1cc(C)ccc1n2-c1ccc(-c2ccc(N(c3ccccc3)c3ccccc3)cc2)cc1. The number of rotatable bonds is 5. The van der Waals surface area contributed by atoms with Crippen LogP contribution in [0.4, 0.5) is 17.1 Å². The van der Waals surface area contributed by atoms with Crippen molar-refractivity contribution in [3.63, 3.8) is 0 Å². The van der Waals surface area contributed by atoms with Crippen LogP contribution in [0, 0.1) is 13.8 Å². The van der Waals surface area contributed by atoms with Crippen molar-refractivity contribution in [1.82, 2.24) is 4.57 Å². The second kappa shape index (κ2) is 9.91. The van der Waals surface area contributed by atoms with Crippen molar-refractivity contribution in [3.05, 3.63) is 157 Å². The zero-order valence-corrected chi connectivity index (χ0v) is 22.8. The molecule has 2 heteroatoms. The number of hydrogen-bond acceptors (Lipinski definition) is 1. The molecule has 7 aromatic rings. The van der Waals surface area contributed by atoms with E-state index in [-0.39, 0.29) is 0 Å². The average Bonchev–Trinajstić information content (AvgIpc) is 3.31. The molecule has 0 amide bonds. The van der Waals surface area contributed by atoms with Crippen molar-refractivity contribution in [1.29, 1.82) is 0 Å². The molecule has 0 unspecified atom stereocenters. The highest BCUT2D eigenvalue weighted by atomic mass is 15.1. The first-order valence-electron chi connectivity index (χ1n) is 13.8. The number of fused-ring (bicyclic) bond motifs is 3. The van der Waals surface area contributed by atoms with Gasteiger partial charge in [-0.2, -0.15) is 0 Å². The molecule has 0 bridgehead atoms. The van der Waals surface area contributed by atoms with Crippen molar-refractivity contribution in [2.75, 3.05) is 4.90 Å². The highest BCUT2D eigenvalue weighted by Gasteiger charge is 2.14. The Balaban J connectivity index is 1.25. The van der Waals surface area contributed by atoms with E-state index in [9.17, 15) is 0 Å². The molecule has 0 aliphatic heterocycles. The lowest BCUT2D eigenvalue weighted by Crippen LogP contribution is -2.09. The molecule has 192 valence electrons. The summed E-state index contributed by atoms with van der Waals surface area (Å²) >= 11 is 0. The maximum absolute atomic E-state index is 2.38. The molecule has 0 fully saturated rings. The van der Waals surface area contributed by atoms with E-state index in [0.717, 1.165) is 17.1 Å². The Morgan fingerprint density at radius 1 is 0.425 bits per heavy atom. The summed E-state index contributed by atoms with van der Waals surface area (Å²) in [4.78, 5) is 2.29. The van der Waals surface area contributed by atoms with E-state index in [1.807, 2.05) is 0 Å². The monoisotopic (exact) mass is 514 g/mol. The van der Waals surface area contributed by atoms with Gasteiger partial charge in [0.2, 0.25) is 0 Å². The molecule has 0 atom stereocenters. The summed E-state index contributed by atoms with van der Waals surface area (Å²) in [5.74, 6) is 0. The minimum Gasteiger partial charge on any atom is -0.311 e. The molecule has 7 rings (SSSR count). The molecule has 6 aromatic carbocycles. The van der Waals surface area contributed by atoms with E-state index in [4.69, 9.17) is 0 Å². The molecule has 0 spiro atoms. The lowest BCUT2D eigenvalue weighted by molar-refractivity contribution is 1.18. The van der Waals surface area contributed by atoms with Gasteiger partial charge >= 0.3 is 0 Å². The Hall–Kier alpha value is -5.08. The van der Waals surface area contributed by atoms with Crippen molar-refractivity contribution in [3.8, 4) is 16.8 Å². The van der Waals surface area contributed by atoms with E-state index in [2.05, 4.69) is 169 Å². The average molecular weight is 515 g/mol. The molecule has 1 aromatic heterocycles. The van der Waals surface area contributed by atoms with Gasteiger partial charge in [-0.15, -0.1) is 0 Å². The second-order valence-electron chi connectivity index (χ2n) is 10.5. The zero-order chi connectivity index (χ0) is 27.1. The van der Waals surface area contributed by atoms with Gasteiger partial charge < -0.3 is 9.47 Å². The third kappa shape index (κ3) is 4.24. The van der Waals surface area contributed by atoms with E-state index in [1.54, 1.807) is 0 Å². The van der Waals surface area contributed by atoms with Gasteiger partial charge in [0.25, 0.3) is 0 Å². The predicted molar refractivity (Wildman–Crippen MR) is 170 cm³/mol. The summed E-state index contributed by atoms with van der Waals surface area (Å²) < 4.78 is 2.38. The first kappa shape index (κ1) is 24.0. The van der Waals surface area contributed by atoms with Gasteiger partial charge in [0, 0.05) is 33.5 Å². The van der Waals surface area contributed by atoms with Crippen molar-refractivity contribution in [2.45, 2.75) is 13.8 Å². The molecule has 0 saturated carbocycles. The van der Waals surface area contributed by atoms with Crippen molar-refractivity contribution < 1.29 is 0 Å². The van der Waals surface area contributed by atoms with Gasteiger partial charge in [0.15, 0.2) is 0 Å². The zero-order valence-electron chi connectivity index (χ0n) is 22.8. The van der Waals surface area contributed by atoms with Gasteiger partial charge in [-0.1, -0.05) is 83.9 Å². The topological polar surface area (TPSA) is 8.17 Å². The summed E-state index contributed by atoms with van der Waals surface area (Å²) in [6.07, 6.45) is 0. The number of benzene rings is 6. The summed E-state index contributed by atoms with van der Waals surface area (Å²) in [7, 11) is 0. The molecule has 40 heavy (non-hydrogen) atoms. The van der Waals surface area contributed by atoms with Gasteiger partial charge in [-0.05, 0) is 97.8 Å². The minimum atomic E-state index is 1.13. The quantitative estimate of drug-likeness (QED) is 0.222. The molecular formula is C38H30N2. The Morgan fingerprint density at radius 3 is 1.32 bits per heavy atom. The highest BCUT2D eigenvalue weighted by Crippen LogP contribution is 2.36. The van der Waals surface area contributed by atoms with Crippen LogP contribution in [-0.4, -0.2) is 4.57 Å². The number of aryl methyl sites for hydroxylation is 2. The summed E-state index contributed by atoms with van der Waals surface area (Å²) in [5.41, 5.74) is 12.0. The lowest BCUT2D eigenvalue weighted by Gasteiger charge is -2.25. The number of anilines is 3. The van der Waals surface area contributed by atoms with Crippen LogP contribution in [0.2, 0.25) is 0 Å². The fourth-order valence-electron chi connectivity index (χ4n) is 5.74. The molecule has 1 heterocycles. The second-order valence-corrected chi connectivity index (χ2v) is 10.5. The maximum atomic E-state index is 2.38. The van der Waals surface area contributed by atoms with Crippen LogP contribution in [0.3, 0.4) is 0 Å². The normalized spacial score (nSPS) is 11.2. The fraction of sp³-hybridized carbons (Fsp3) is 0.0526. The van der Waals surface area contributed by atoms with Gasteiger partial charge in [-0.3, -0.25) is 0 Å². The van der Waals surface area contributed by atoms with Crippen LogP contribution in [0.1, 0.15) is 11.1 Å². The van der Waals surface area contributed by atoms with Gasteiger partial charge in [-0.25, -0.2) is 0 Å². The lowest BCUT2D eigenvalue weighted by atomic mass is 10.0. The maximum Gasteiger partial charge on any atom is 0.0541 e. The molecule has 0 N–H and O–H groups in total. The van der Waals surface area contributed by atoms with Gasteiger partial charge in [0.05, 0.1) is 11.0 Å². The summed E-state index contributed by atoms with van der Waals surface area (Å²) in [6.45, 7) is 4.33. The van der Waals surface area contributed by atoms with Gasteiger partial charge in [0.1, 0.15) is 0 Å². The number of para-hydroxylation sites is 2. The fourth-order valence-corrected chi connectivity index (χ4v) is 5.74. The standard InChI is InChI=1S/C38H30N2/c1-27-13-23-37-35(25-27)36-26-28(2)14-24-38(36)40(37)34-21-17-30(18-22-34)29-15-19-33(20-16-29)39(31-9-5-3-6-10-31)32-11-7-4-8-12-32/h3-26H,1-2H3. The Kier molecular flexibility index (Phi) is 5.94.